The van der Waals surface area contributed by atoms with Crippen molar-refractivity contribution >= 4 is 39.1 Å². The summed E-state index contributed by atoms with van der Waals surface area (Å²) in [5.41, 5.74) is 2.26. The van der Waals surface area contributed by atoms with Gasteiger partial charge in [0.25, 0.3) is 10.0 Å². The number of para-hydroxylation sites is 1. The molecule has 0 bridgehead atoms. The lowest BCUT2D eigenvalue weighted by Gasteiger charge is -2.15. The molecule has 2 heterocycles. The lowest BCUT2D eigenvalue weighted by molar-refractivity contribution is 0.207. The molecule has 2 aromatic carbocycles. The van der Waals surface area contributed by atoms with Crippen LogP contribution in [0.1, 0.15) is 37.3 Å². The summed E-state index contributed by atoms with van der Waals surface area (Å²) in [6, 6.07) is 17.7. The Kier molecular flexibility index (Phi) is 7.82. The Balaban J connectivity index is 1.64. The van der Waals surface area contributed by atoms with Crippen molar-refractivity contribution in [2.75, 3.05) is 0 Å². The number of benzene rings is 2. The van der Waals surface area contributed by atoms with Gasteiger partial charge in [-0.1, -0.05) is 56.3 Å². The molecule has 1 unspecified atom stereocenters. The second-order valence-electron chi connectivity index (χ2n) is 8.72. The molecule has 0 radical (unpaired) electrons. The fourth-order valence-electron chi connectivity index (χ4n) is 3.79. The highest BCUT2D eigenvalue weighted by Gasteiger charge is 2.27. The van der Waals surface area contributed by atoms with E-state index in [1.807, 2.05) is 52.7 Å². The third-order valence-corrected chi connectivity index (χ3v) is 8.81. The number of halogens is 1. The van der Waals surface area contributed by atoms with Crippen LogP contribution in [0.3, 0.4) is 0 Å². The van der Waals surface area contributed by atoms with Crippen LogP contribution in [0.25, 0.3) is 11.1 Å². The Bertz CT molecular complexity index is 1450. The smallest absolute Gasteiger partial charge is 0.410 e. The first-order chi connectivity index (χ1) is 17.1. The van der Waals surface area contributed by atoms with Gasteiger partial charge in [-0.15, -0.1) is 11.3 Å². The number of carbonyl (C=O) groups excluding carboxylic acids is 1. The van der Waals surface area contributed by atoms with Crippen LogP contribution in [0, 0.1) is 5.92 Å². The van der Waals surface area contributed by atoms with E-state index in [1.165, 1.54) is 0 Å². The summed E-state index contributed by atoms with van der Waals surface area (Å²) in [5, 5.41) is 0.393. The van der Waals surface area contributed by atoms with Crippen molar-refractivity contribution < 1.29 is 17.9 Å². The lowest BCUT2D eigenvalue weighted by atomic mass is 10.0. The van der Waals surface area contributed by atoms with Crippen LogP contribution in [0.15, 0.2) is 77.3 Å². The van der Waals surface area contributed by atoms with Gasteiger partial charge in [-0.3, -0.25) is 0 Å². The molecule has 0 fully saturated rings. The van der Waals surface area contributed by atoms with Crippen LogP contribution < -0.4 is 9.46 Å². The number of amides is 1. The zero-order valence-corrected chi connectivity index (χ0v) is 22.4. The molecule has 0 aliphatic rings. The maximum atomic E-state index is 13.3. The first-order valence-electron chi connectivity index (χ1n) is 11.3. The van der Waals surface area contributed by atoms with Crippen LogP contribution in [-0.4, -0.2) is 24.1 Å². The van der Waals surface area contributed by atoms with Crippen LogP contribution in [0.2, 0.25) is 5.28 Å². The molecule has 0 saturated heterocycles. The van der Waals surface area contributed by atoms with E-state index < -0.39 is 16.1 Å². The molecule has 4 aromatic rings. The van der Waals surface area contributed by atoms with Gasteiger partial charge < -0.3 is 9.30 Å². The third-order valence-electron chi connectivity index (χ3n) is 5.52. The Labute approximate surface area is 219 Å². The summed E-state index contributed by atoms with van der Waals surface area (Å²) in [4.78, 5) is 17.3. The number of sulfonamides is 1. The second kappa shape index (κ2) is 10.9. The van der Waals surface area contributed by atoms with E-state index in [0.717, 1.165) is 33.8 Å². The summed E-state index contributed by atoms with van der Waals surface area (Å²) in [7, 11) is -4.18. The van der Waals surface area contributed by atoms with Crippen LogP contribution in [-0.2, 0) is 16.4 Å². The molecule has 36 heavy (non-hydrogen) atoms. The lowest BCUT2D eigenvalue weighted by Crippen LogP contribution is -2.32. The number of nitrogens with one attached hydrogen (secondary N) is 1. The molecule has 2 aromatic heterocycles. The zero-order valence-electron chi connectivity index (χ0n) is 20.0. The minimum Gasteiger partial charge on any atom is -0.410 e. The quantitative estimate of drug-likeness (QED) is 0.272. The summed E-state index contributed by atoms with van der Waals surface area (Å²) in [6.45, 7) is 6.15. The number of imidazole rings is 1. The van der Waals surface area contributed by atoms with Gasteiger partial charge in [-0.05, 0) is 60.2 Å². The average Bonchev–Trinajstić information content (AvgIpc) is 3.45. The first kappa shape index (κ1) is 25.9. The number of carbonyl (C=O) groups is 1. The highest BCUT2D eigenvalue weighted by atomic mass is 35.5. The molecular formula is C26H26ClN3O4S2. The van der Waals surface area contributed by atoms with E-state index in [-0.39, 0.29) is 16.0 Å². The molecule has 1 amide bonds. The van der Waals surface area contributed by atoms with Gasteiger partial charge in [0.2, 0.25) is 5.28 Å². The fourth-order valence-corrected chi connectivity index (χ4v) is 6.87. The summed E-state index contributed by atoms with van der Waals surface area (Å²) in [5.74, 6) is 0.589. The van der Waals surface area contributed by atoms with E-state index in [9.17, 15) is 13.2 Å². The Hall–Kier alpha value is -3.14. The second-order valence-corrected chi connectivity index (χ2v) is 12.1. The van der Waals surface area contributed by atoms with Crippen molar-refractivity contribution in [2.24, 2.45) is 5.92 Å². The number of aromatic nitrogens is 2. The van der Waals surface area contributed by atoms with Crippen LogP contribution >= 0.6 is 22.9 Å². The molecule has 7 nitrogen and oxygen atoms in total. The maximum Gasteiger partial charge on any atom is 0.426 e. The number of hydrogen-bond donors (Lipinski definition) is 1. The Morgan fingerprint density at radius 3 is 2.42 bits per heavy atom. The monoisotopic (exact) mass is 543 g/mol. The van der Waals surface area contributed by atoms with E-state index in [4.69, 9.17) is 16.3 Å². The topological polar surface area (TPSA) is 90.3 Å². The van der Waals surface area contributed by atoms with Gasteiger partial charge in [0, 0.05) is 22.8 Å². The Morgan fingerprint density at radius 1 is 1.11 bits per heavy atom. The number of rotatable bonds is 8. The van der Waals surface area contributed by atoms with Gasteiger partial charge >= 0.3 is 6.09 Å². The van der Waals surface area contributed by atoms with Crippen molar-refractivity contribution in [3.8, 4) is 16.9 Å². The minimum atomic E-state index is -4.18. The number of hydrogen-bond acceptors (Lipinski definition) is 6. The standard InChI is InChI=1S/C26H26ClN3O4S2/c1-17(2)15-22-16-23(20-11-9-19(10-12-20)18(3)30-14-13-28-25(30)27)24(35-22)36(32,33)29-26(31)34-21-7-5-4-6-8-21/h4-14,16-18H,15H2,1-3H3,(H,29,31). The highest BCUT2D eigenvalue weighted by Crippen LogP contribution is 2.37. The molecular weight excluding hydrogens is 518 g/mol. The van der Waals surface area contributed by atoms with Crippen molar-refractivity contribution in [3.05, 3.63) is 88.8 Å². The molecule has 0 aliphatic carbocycles. The fraction of sp³-hybridized carbons (Fsp3) is 0.231. The van der Waals surface area contributed by atoms with Gasteiger partial charge in [-0.25, -0.2) is 22.9 Å². The zero-order chi connectivity index (χ0) is 25.9. The van der Waals surface area contributed by atoms with Gasteiger partial charge in [0.1, 0.15) is 9.96 Å². The van der Waals surface area contributed by atoms with Crippen molar-refractivity contribution in [1.29, 1.82) is 0 Å². The SMILES string of the molecule is CC(C)Cc1cc(-c2ccc(C(C)n3ccnc3Cl)cc2)c(S(=O)(=O)NC(=O)Oc2ccccc2)s1. The van der Waals surface area contributed by atoms with E-state index >= 15 is 0 Å². The van der Waals surface area contributed by atoms with E-state index in [1.54, 1.807) is 36.5 Å². The Morgan fingerprint density at radius 2 is 1.81 bits per heavy atom. The van der Waals surface area contributed by atoms with Gasteiger partial charge in [-0.2, -0.15) is 0 Å². The van der Waals surface area contributed by atoms with E-state index in [2.05, 4.69) is 18.8 Å². The highest BCUT2D eigenvalue weighted by molar-refractivity contribution is 7.92. The predicted octanol–water partition coefficient (Wildman–Crippen LogP) is 6.55. The summed E-state index contributed by atoms with van der Waals surface area (Å²) in [6.07, 6.45) is 3.10. The molecule has 1 atom stereocenters. The largest absolute Gasteiger partial charge is 0.426 e. The van der Waals surface area contributed by atoms with Crippen molar-refractivity contribution in [1.82, 2.24) is 14.3 Å². The molecule has 0 aliphatic heterocycles. The first-order valence-corrected chi connectivity index (χ1v) is 14.0. The molecule has 0 spiro atoms. The third kappa shape index (κ3) is 5.98. The summed E-state index contributed by atoms with van der Waals surface area (Å²) < 4.78 is 35.6. The average molecular weight is 544 g/mol. The van der Waals surface area contributed by atoms with Crippen LogP contribution in [0.4, 0.5) is 4.79 Å². The maximum absolute atomic E-state index is 13.3. The minimum absolute atomic E-state index is 0.0503. The van der Waals surface area contributed by atoms with Gasteiger partial charge in [0.05, 0.1) is 6.04 Å². The van der Waals surface area contributed by atoms with Crippen molar-refractivity contribution in [2.45, 2.75) is 37.4 Å². The number of ether oxygens (including phenoxy) is 1. The molecule has 1 N–H and O–H groups in total. The van der Waals surface area contributed by atoms with Gasteiger partial charge in [0.15, 0.2) is 0 Å². The molecule has 0 saturated carbocycles. The predicted molar refractivity (Wildman–Crippen MR) is 142 cm³/mol. The number of nitrogens with zero attached hydrogens (tertiary/aromatic N) is 2. The van der Waals surface area contributed by atoms with Crippen LogP contribution in [0.5, 0.6) is 5.75 Å². The normalized spacial score (nSPS) is 12.5. The summed E-state index contributed by atoms with van der Waals surface area (Å²) >= 11 is 7.32. The van der Waals surface area contributed by atoms with Crippen molar-refractivity contribution in [3.63, 3.8) is 0 Å². The molecule has 4 rings (SSSR count). The molecule has 10 heteroatoms. The van der Waals surface area contributed by atoms with E-state index in [0.29, 0.717) is 16.8 Å². The molecule has 188 valence electrons. The number of thiophene rings is 1.